The predicted molar refractivity (Wildman–Crippen MR) is 86.8 cm³/mol. The van der Waals surface area contributed by atoms with Crippen molar-refractivity contribution in [3.63, 3.8) is 0 Å². The second-order valence-corrected chi connectivity index (χ2v) is 5.56. The first-order valence-corrected chi connectivity index (χ1v) is 7.23. The van der Waals surface area contributed by atoms with Crippen LogP contribution in [0.25, 0.3) is 0 Å². The van der Waals surface area contributed by atoms with Gasteiger partial charge in [-0.3, -0.25) is 0 Å². The predicted octanol–water partition coefficient (Wildman–Crippen LogP) is 1.93. The summed E-state index contributed by atoms with van der Waals surface area (Å²) < 4.78 is 0. The average Bonchev–Trinajstić information content (AvgIpc) is 2.43. The fraction of sp³-hybridized carbons (Fsp3) is 0.294. The van der Waals surface area contributed by atoms with Gasteiger partial charge in [-0.1, -0.05) is 12.1 Å². The highest BCUT2D eigenvalue weighted by Gasteiger charge is 2.12. The van der Waals surface area contributed by atoms with Crippen LogP contribution in [0.4, 0.5) is 5.69 Å². The summed E-state index contributed by atoms with van der Waals surface area (Å²) in [5.41, 5.74) is 8.09. The van der Waals surface area contributed by atoms with Gasteiger partial charge in [0.25, 0.3) is 0 Å². The number of nitrogen functional groups attached to an aromatic ring is 1. The molecule has 2 aromatic carbocycles. The lowest BCUT2D eigenvalue weighted by Crippen LogP contribution is -2.32. The van der Waals surface area contributed by atoms with E-state index in [2.05, 4.69) is 5.32 Å². The molecule has 22 heavy (non-hydrogen) atoms. The van der Waals surface area contributed by atoms with Crippen molar-refractivity contribution in [3.8, 4) is 11.5 Å². The molecule has 5 heteroatoms. The number of hydrogen-bond donors (Lipinski definition) is 5. The Labute approximate surface area is 130 Å². The minimum absolute atomic E-state index is 0.0677. The van der Waals surface area contributed by atoms with E-state index in [9.17, 15) is 15.3 Å². The normalized spacial score (nSPS) is 13.7. The molecule has 0 bridgehead atoms. The minimum atomic E-state index is -0.804. The van der Waals surface area contributed by atoms with Gasteiger partial charge < -0.3 is 26.4 Å². The van der Waals surface area contributed by atoms with Crippen LogP contribution in [0.1, 0.15) is 24.2 Å². The summed E-state index contributed by atoms with van der Waals surface area (Å²) in [6.07, 6.45) is -0.00967. The van der Waals surface area contributed by atoms with Gasteiger partial charge >= 0.3 is 0 Å². The Morgan fingerprint density at radius 1 is 1.09 bits per heavy atom. The number of nitrogens with one attached hydrogen (secondary N) is 1. The number of phenols is 2. The van der Waals surface area contributed by atoms with Crippen LogP contribution in [0, 0.1) is 0 Å². The maximum absolute atomic E-state index is 10.1. The molecule has 0 spiro atoms. The van der Waals surface area contributed by atoms with Crippen molar-refractivity contribution in [2.45, 2.75) is 25.5 Å². The molecule has 0 saturated heterocycles. The molecule has 0 radical (unpaired) electrons. The molecule has 2 aromatic rings. The number of hydrogen-bond acceptors (Lipinski definition) is 5. The third-order valence-corrected chi connectivity index (χ3v) is 3.46. The number of phenolic OH excluding ortho intramolecular Hbond substituents is 2. The lowest BCUT2D eigenvalue weighted by molar-refractivity contribution is 0.170. The highest BCUT2D eigenvalue weighted by atomic mass is 16.3. The number of aliphatic hydroxyl groups is 1. The Kier molecular flexibility index (Phi) is 5.25. The van der Waals surface area contributed by atoms with Gasteiger partial charge in [0.15, 0.2) is 0 Å². The zero-order valence-electron chi connectivity index (χ0n) is 12.5. The summed E-state index contributed by atoms with van der Waals surface area (Å²) in [5, 5.41) is 32.2. The van der Waals surface area contributed by atoms with E-state index in [1.165, 1.54) is 18.2 Å². The molecule has 0 amide bonds. The lowest BCUT2D eigenvalue weighted by Gasteiger charge is -2.18. The molecular weight excluding hydrogens is 280 g/mol. The van der Waals surface area contributed by atoms with Gasteiger partial charge in [0.05, 0.1) is 6.10 Å². The molecule has 5 nitrogen and oxygen atoms in total. The van der Waals surface area contributed by atoms with Crippen molar-refractivity contribution in [1.29, 1.82) is 0 Å². The minimum Gasteiger partial charge on any atom is -0.508 e. The van der Waals surface area contributed by atoms with E-state index in [4.69, 9.17) is 5.73 Å². The molecule has 2 rings (SSSR count). The van der Waals surface area contributed by atoms with Crippen molar-refractivity contribution in [2.75, 3.05) is 12.3 Å². The molecule has 0 aliphatic carbocycles. The number of aliphatic hydroxyl groups excluding tert-OH is 1. The van der Waals surface area contributed by atoms with E-state index >= 15 is 0 Å². The number of nitrogens with two attached hydrogens (primary N) is 1. The van der Waals surface area contributed by atoms with E-state index in [1.54, 1.807) is 0 Å². The number of anilines is 1. The summed E-state index contributed by atoms with van der Waals surface area (Å²) in [5.74, 6) is -0.135. The standard InChI is InChI=1S/C17H22N2O3/c1-11(5-12-3-2-4-14(18)6-12)19-10-17(22)13-7-15(20)9-16(21)8-13/h2-4,6-9,11,17,19-22H,5,10,18H2,1H3/t11-,17-/m0/s1. The van der Waals surface area contributed by atoms with Crippen LogP contribution in [-0.4, -0.2) is 27.9 Å². The van der Waals surface area contributed by atoms with E-state index < -0.39 is 6.10 Å². The lowest BCUT2D eigenvalue weighted by atomic mass is 10.1. The summed E-state index contributed by atoms with van der Waals surface area (Å²) >= 11 is 0. The van der Waals surface area contributed by atoms with Crippen LogP contribution in [-0.2, 0) is 6.42 Å². The molecule has 6 N–H and O–H groups in total. The van der Waals surface area contributed by atoms with Crippen LogP contribution in [0.5, 0.6) is 11.5 Å². The molecule has 0 fully saturated rings. The molecule has 0 unspecified atom stereocenters. The zero-order chi connectivity index (χ0) is 16.1. The Hall–Kier alpha value is -2.24. The molecule has 0 saturated carbocycles. The van der Waals surface area contributed by atoms with E-state index in [0.29, 0.717) is 12.1 Å². The van der Waals surface area contributed by atoms with Gasteiger partial charge in [-0.15, -0.1) is 0 Å². The summed E-state index contributed by atoms with van der Waals surface area (Å²) in [6, 6.07) is 12.0. The van der Waals surface area contributed by atoms with Crippen LogP contribution in [0.15, 0.2) is 42.5 Å². The first-order valence-electron chi connectivity index (χ1n) is 7.23. The van der Waals surface area contributed by atoms with Crippen molar-refractivity contribution < 1.29 is 15.3 Å². The monoisotopic (exact) mass is 302 g/mol. The van der Waals surface area contributed by atoms with Crippen molar-refractivity contribution in [1.82, 2.24) is 5.32 Å². The molecule has 118 valence electrons. The third kappa shape index (κ3) is 4.65. The van der Waals surface area contributed by atoms with Gasteiger partial charge in [-0.05, 0) is 48.7 Å². The van der Waals surface area contributed by atoms with Crippen LogP contribution < -0.4 is 11.1 Å². The first-order chi connectivity index (χ1) is 10.4. The Balaban J connectivity index is 1.88. The Bertz CT molecular complexity index is 611. The quantitative estimate of drug-likeness (QED) is 0.525. The second-order valence-electron chi connectivity index (χ2n) is 5.56. The molecular formula is C17H22N2O3. The van der Waals surface area contributed by atoms with Gasteiger partial charge in [0.1, 0.15) is 11.5 Å². The summed E-state index contributed by atoms with van der Waals surface area (Å²) in [6.45, 7) is 2.35. The molecule has 2 atom stereocenters. The van der Waals surface area contributed by atoms with Crippen molar-refractivity contribution in [2.24, 2.45) is 0 Å². The number of rotatable bonds is 6. The van der Waals surface area contributed by atoms with Crippen molar-refractivity contribution >= 4 is 5.69 Å². The molecule has 0 aliphatic heterocycles. The topological polar surface area (TPSA) is 98.7 Å². The third-order valence-electron chi connectivity index (χ3n) is 3.46. The fourth-order valence-electron chi connectivity index (χ4n) is 2.39. The Morgan fingerprint density at radius 2 is 1.77 bits per heavy atom. The number of aromatic hydroxyl groups is 2. The largest absolute Gasteiger partial charge is 0.508 e. The second kappa shape index (κ2) is 7.15. The molecule has 0 aliphatic rings. The smallest absolute Gasteiger partial charge is 0.119 e. The Morgan fingerprint density at radius 3 is 2.41 bits per heavy atom. The van der Waals surface area contributed by atoms with E-state index in [1.807, 2.05) is 31.2 Å². The fourth-order valence-corrected chi connectivity index (χ4v) is 2.39. The zero-order valence-corrected chi connectivity index (χ0v) is 12.5. The molecule has 0 heterocycles. The maximum Gasteiger partial charge on any atom is 0.119 e. The van der Waals surface area contributed by atoms with Gasteiger partial charge in [0.2, 0.25) is 0 Å². The molecule has 0 aromatic heterocycles. The highest BCUT2D eigenvalue weighted by Crippen LogP contribution is 2.24. The highest BCUT2D eigenvalue weighted by molar-refractivity contribution is 5.41. The van der Waals surface area contributed by atoms with Crippen LogP contribution >= 0.6 is 0 Å². The van der Waals surface area contributed by atoms with Crippen LogP contribution in [0.3, 0.4) is 0 Å². The van der Waals surface area contributed by atoms with E-state index in [-0.39, 0.29) is 17.5 Å². The first kappa shape index (κ1) is 16.1. The number of benzene rings is 2. The van der Waals surface area contributed by atoms with Gasteiger partial charge in [-0.25, -0.2) is 0 Å². The van der Waals surface area contributed by atoms with Crippen LogP contribution in [0.2, 0.25) is 0 Å². The van der Waals surface area contributed by atoms with Gasteiger partial charge in [-0.2, -0.15) is 0 Å². The van der Waals surface area contributed by atoms with Crippen molar-refractivity contribution in [3.05, 3.63) is 53.6 Å². The summed E-state index contributed by atoms with van der Waals surface area (Å²) in [7, 11) is 0. The summed E-state index contributed by atoms with van der Waals surface area (Å²) in [4.78, 5) is 0. The SMILES string of the molecule is C[C@@H](Cc1cccc(N)c1)NC[C@H](O)c1cc(O)cc(O)c1. The van der Waals surface area contributed by atoms with E-state index in [0.717, 1.165) is 17.7 Å². The van der Waals surface area contributed by atoms with Gasteiger partial charge in [0, 0.05) is 24.3 Å². The maximum atomic E-state index is 10.1. The average molecular weight is 302 g/mol.